The smallest absolute Gasteiger partial charge is 0.239 e. The summed E-state index contributed by atoms with van der Waals surface area (Å²) < 4.78 is 2.30. The minimum absolute atomic E-state index is 1.05. The molecule has 0 spiro atoms. The molecular formula is C19H15N2+. The zero-order valence-corrected chi connectivity index (χ0v) is 11.9. The van der Waals surface area contributed by atoms with Crippen molar-refractivity contribution in [3.63, 3.8) is 0 Å². The number of nitrogens with one attached hydrogen (secondary N) is 1. The molecule has 21 heavy (non-hydrogen) atoms. The molecule has 0 atom stereocenters. The maximum absolute atomic E-state index is 3.63. The normalized spacial score (nSPS) is 14.0. The van der Waals surface area contributed by atoms with E-state index in [-0.39, 0.29) is 0 Å². The van der Waals surface area contributed by atoms with Gasteiger partial charge in [0.05, 0.1) is 10.8 Å². The number of nitrogens with zero attached hydrogens (tertiary/aromatic N) is 1. The largest absolute Gasteiger partial charge is 0.292 e. The molecule has 1 N–H and O–H groups in total. The second-order valence-electron chi connectivity index (χ2n) is 5.95. The van der Waals surface area contributed by atoms with Crippen LogP contribution in [-0.4, -0.2) is 4.40 Å². The fraction of sp³-hybridized carbons (Fsp3) is 0.105. The number of aromatic amines is 1. The molecule has 0 amide bonds. The fourth-order valence-corrected chi connectivity index (χ4v) is 3.60. The van der Waals surface area contributed by atoms with Crippen molar-refractivity contribution >= 4 is 33.4 Å². The summed E-state index contributed by atoms with van der Waals surface area (Å²) in [6.45, 7) is 2.22. The van der Waals surface area contributed by atoms with E-state index in [1.54, 1.807) is 0 Å². The number of H-pyrrole nitrogens is 1. The maximum atomic E-state index is 3.63. The average molecular weight is 271 g/mol. The van der Waals surface area contributed by atoms with Crippen molar-refractivity contribution in [3.05, 3.63) is 65.5 Å². The van der Waals surface area contributed by atoms with Crippen LogP contribution in [0.1, 0.15) is 18.2 Å². The van der Waals surface area contributed by atoms with E-state index in [1.165, 1.54) is 44.2 Å². The monoisotopic (exact) mass is 271 g/mol. The Labute approximate surface area is 122 Å². The molecule has 2 aromatic carbocycles. The Morgan fingerprint density at radius 2 is 1.95 bits per heavy atom. The van der Waals surface area contributed by atoms with Crippen molar-refractivity contribution in [2.45, 2.75) is 13.3 Å². The van der Waals surface area contributed by atoms with Crippen LogP contribution in [0.25, 0.3) is 33.4 Å². The van der Waals surface area contributed by atoms with E-state index in [4.69, 9.17) is 0 Å². The van der Waals surface area contributed by atoms with Crippen LogP contribution in [0.5, 0.6) is 0 Å². The Balaban J connectivity index is 2.11. The Morgan fingerprint density at radius 1 is 1.05 bits per heavy atom. The molecule has 100 valence electrons. The van der Waals surface area contributed by atoms with Crippen molar-refractivity contribution in [2.24, 2.45) is 0 Å². The van der Waals surface area contributed by atoms with Crippen molar-refractivity contribution in [1.82, 2.24) is 4.40 Å². The Kier molecular flexibility index (Phi) is 1.97. The van der Waals surface area contributed by atoms with Gasteiger partial charge >= 0.3 is 0 Å². The lowest BCUT2D eigenvalue weighted by Crippen LogP contribution is -2.14. The molecule has 0 aliphatic heterocycles. The highest BCUT2D eigenvalue weighted by molar-refractivity contribution is 5.98. The minimum atomic E-state index is 1.05. The summed E-state index contributed by atoms with van der Waals surface area (Å²) >= 11 is 0. The predicted octanol–water partition coefficient (Wildman–Crippen LogP) is 4.02. The van der Waals surface area contributed by atoms with Crippen LogP contribution in [0, 0.1) is 0 Å². The molecule has 0 unspecified atom stereocenters. The zero-order chi connectivity index (χ0) is 14.0. The quantitative estimate of drug-likeness (QED) is 0.460. The number of hydrogen-bond donors (Lipinski definition) is 0. The highest BCUT2D eigenvalue weighted by Gasteiger charge is 2.22. The Morgan fingerprint density at radius 3 is 2.90 bits per heavy atom. The van der Waals surface area contributed by atoms with Gasteiger partial charge in [-0.25, -0.2) is 4.98 Å². The molecule has 2 heteroatoms. The van der Waals surface area contributed by atoms with E-state index in [2.05, 4.69) is 71.0 Å². The van der Waals surface area contributed by atoms with E-state index in [0.29, 0.717) is 0 Å². The number of aromatic nitrogens is 2. The maximum Gasteiger partial charge on any atom is 0.292 e. The fourth-order valence-electron chi connectivity index (χ4n) is 3.60. The number of benzene rings is 2. The molecule has 0 saturated carbocycles. The molecule has 2 nitrogen and oxygen atoms in total. The standard InChI is InChI=1S/C19H14N2/c1-12-9-13-6-4-8-16-18(13)17(10-12)21-11-14-5-2-3-7-15(14)19(21)20-16/h2-8,10-11H,9H2,1H3/p+1. The summed E-state index contributed by atoms with van der Waals surface area (Å²) in [4.78, 5) is 3.63. The summed E-state index contributed by atoms with van der Waals surface area (Å²) in [5.74, 6) is 0. The van der Waals surface area contributed by atoms with Crippen LogP contribution >= 0.6 is 0 Å². The van der Waals surface area contributed by atoms with Gasteiger partial charge in [-0.1, -0.05) is 35.9 Å². The Bertz CT molecular complexity index is 1070. The summed E-state index contributed by atoms with van der Waals surface area (Å²) in [6, 6.07) is 15.1. The lowest BCUT2D eigenvalue weighted by Gasteiger charge is -2.13. The molecule has 0 radical (unpaired) electrons. The molecule has 4 aromatic rings. The molecule has 2 heterocycles. The molecular weight excluding hydrogens is 256 g/mol. The van der Waals surface area contributed by atoms with E-state index < -0.39 is 0 Å². The lowest BCUT2D eigenvalue weighted by molar-refractivity contribution is -0.314. The number of rotatable bonds is 0. The SMILES string of the molecule is CC1=Cc2c3c(cccc3[nH+]c3c4ccccc4cn23)C1. The number of hydrogen-bond acceptors (Lipinski definition) is 0. The van der Waals surface area contributed by atoms with E-state index >= 15 is 0 Å². The van der Waals surface area contributed by atoms with Crippen LogP contribution in [0.15, 0.2) is 54.2 Å². The third kappa shape index (κ3) is 1.39. The van der Waals surface area contributed by atoms with Crippen molar-refractivity contribution in [1.29, 1.82) is 0 Å². The Hall–Kier alpha value is -2.61. The van der Waals surface area contributed by atoms with Crippen LogP contribution in [-0.2, 0) is 6.42 Å². The van der Waals surface area contributed by atoms with Gasteiger partial charge in [-0.15, -0.1) is 0 Å². The second kappa shape index (κ2) is 3.73. The topological polar surface area (TPSA) is 18.6 Å². The van der Waals surface area contributed by atoms with Crippen molar-refractivity contribution < 1.29 is 4.98 Å². The average Bonchev–Trinajstić information content (AvgIpc) is 2.86. The molecule has 2 aromatic heterocycles. The minimum Gasteiger partial charge on any atom is -0.239 e. The summed E-state index contributed by atoms with van der Waals surface area (Å²) in [5, 5.41) is 3.91. The van der Waals surface area contributed by atoms with Gasteiger partial charge in [-0.05, 0) is 37.1 Å². The first kappa shape index (κ1) is 11.1. The molecule has 1 aliphatic rings. The van der Waals surface area contributed by atoms with Crippen molar-refractivity contribution in [3.8, 4) is 0 Å². The lowest BCUT2D eigenvalue weighted by atomic mass is 9.94. The van der Waals surface area contributed by atoms with Gasteiger partial charge in [0.15, 0.2) is 0 Å². The summed E-state index contributed by atoms with van der Waals surface area (Å²) in [5.41, 5.74) is 6.53. The van der Waals surface area contributed by atoms with Gasteiger partial charge in [0.1, 0.15) is 17.4 Å². The molecule has 0 saturated heterocycles. The van der Waals surface area contributed by atoms with Crippen LogP contribution in [0.2, 0.25) is 0 Å². The van der Waals surface area contributed by atoms with Crippen LogP contribution in [0.3, 0.4) is 0 Å². The zero-order valence-electron chi connectivity index (χ0n) is 11.9. The highest BCUT2D eigenvalue weighted by Crippen LogP contribution is 2.31. The summed E-state index contributed by atoms with van der Waals surface area (Å²) in [6.07, 6.45) is 5.61. The molecule has 0 fully saturated rings. The number of allylic oxidation sites excluding steroid dienone is 1. The first-order valence-electron chi connectivity index (χ1n) is 7.35. The van der Waals surface area contributed by atoms with E-state index in [9.17, 15) is 0 Å². The van der Waals surface area contributed by atoms with Gasteiger partial charge in [0.2, 0.25) is 0 Å². The van der Waals surface area contributed by atoms with E-state index in [1.807, 2.05) is 0 Å². The third-order valence-electron chi connectivity index (χ3n) is 4.50. The first-order chi connectivity index (χ1) is 10.3. The van der Waals surface area contributed by atoms with Crippen LogP contribution < -0.4 is 4.98 Å². The third-order valence-corrected chi connectivity index (χ3v) is 4.50. The van der Waals surface area contributed by atoms with Gasteiger partial charge in [-0.3, -0.25) is 0 Å². The summed E-state index contributed by atoms with van der Waals surface area (Å²) in [7, 11) is 0. The van der Waals surface area contributed by atoms with Gasteiger partial charge in [0.25, 0.3) is 5.65 Å². The highest BCUT2D eigenvalue weighted by atomic mass is 15.0. The first-order valence-corrected chi connectivity index (χ1v) is 7.35. The van der Waals surface area contributed by atoms with Crippen LogP contribution in [0.4, 0.5) is 0 Å². The van der Waals surface area contributed by atoms with Gasteiger partial charge in [0, 0.05) is 5.39 Å². The second-order valence-corrected chi connectivity index (χ2v) is 5.95. The van der Waals surface area contributed by atoms with E-state index in [0.717, 1.165) is 6.42 Å². The van der Waals surface area contributed by atoms with Gasteiger partial charge < -0.3 is 0 Å². The van der Waals surface area contributed by atoms with Gasteiger partial charge in [-0.2, -0.15) is 4.40 Å². The van der Waals surface area contributed by atoms with Crippen molar-refractivity contribution in [2.75, 3.05) is 0 Å². The number of fused-ring (bicyclic) bond motifs is 4. The molecule has 5 rings (SSSR count). The molecule has 1 aliphatic carbocycles. The predicted molar refractivity (Wildman–Crippen MR) is 86.3 cm³/mol. The molecule has 0 bridgehead atoms.